The summed E-state index contributed by atoms with van der Waals surface area (Å²) in [5, 5.41) is 17.3. The normalized spacial score (nSPS) is 10.6. The van der Waals surface area contributed by atoms with E-state index in [0.717, 1.165) is 36.3 Å². The summed E-state index contributed by atoms with van der Waals surface area (Å²) in [5.41, 5.74) is 0. The number of unbranched alkanes of at least 4 members (excludes halogenated alkanes) is 7. The molecule has 0 aliphatic carbocycles. The molecular formula is C19H28O5S. The molecule has 1 aromatic rings. The molecule has 0 aromatic heterocycles. The monoisotopic (exact) mass is 368 g/mol. The van der Waals surface area contributed by atoms with Crippen LogP contribution in [0.5, 0.6) is 5.75 Å². The first kappa shape index (κ1) is 21.4. The van der Waals surface area contributed by atoms with Gasteiger partial charge in [-0.1, -0.05) is 50.7 Å². The third-order valence-corrected chi connectivity index (χ3v) is 4.88. The van der Waals surface area contributed by atoms with Crippen molar-refractivity contribution >= 4 is 23.7 Å². The molecule has 0 aliphatic heterocycles. The van der Waals surface area contributed by atoms with Crippen molar-refractivity contribution in [1.29, 1.82) is 0 Å². The predicted octanol–water partition coefficient (Wildman–Crippen LogP) is 4.84. The Morgan fingerprint density at radius 2 is 1.44 bits per heavy atom. The van der Waals surface area contributed by atoms with Crippen LogP contribution in [0.4, 0.5) is 0 Å². The Kier molecular flexibility index (Phi) is 11.6. The zero-order chi connectivity index (χ0) is 18.3. The molecule has 0 saturated carbocycles. The lowest BCUT2D eigenvalue weighted by atomic mass is 10.1. The lowest BCUT2D eigenvalue weighted by Gasteiger charge is -2.09. The van der Waals surface area contributed by atoms with Crippen molar-refractivity contribution in [2.45, 2.75) is 62.7 Å². The van der Waals surface area contributed by atoms with Crippen molar-refractivity contribution < 1.29 is 24.5 Å². The van der Waals surface area contributed by atoms with Crippen LogP contribution >= 0.6 is 11.8 Å². The van der Waals surface area contributed by atoms with Crippen LogP contribution in [0, 0.1) is 0 Å². The number of aliphatic carboxylic acids is 2. The third-order valence-electron chi connectivity index (χ3n) is 3.74. The maximum Gasteiger partial charge on any atom is 0.341 e. The summed E-state index contributed by atoms with van der Waals surface area (Å²) in [7, 11) is 0. The van der Waals surface area contributed by atoms with Gasteiger partial charge in [0.05, 0.1) is 0 Å². The smallest absolute Gasteiger partial charge is 0.341 e. The van der Waals surface area contributed by atoms with Gasteiger partial charge in [-0.2, -0.15) is 0 Å². The van der Waals surface area contributed by atoms with Crippen LogP contribution in [0.15, 0.2) is 29.2 Å². The van der Waals surface area contributed by atoms with Gasteiger partial charge in [0, 0.05) is 11.3 Å². The van der Waals surface area contributed by atoms with E-state index < -0.39 is 11.9 Å². The van der Waals surface area contributed by atoms with Gasteiger partial charge in [0.2, 0.25) is 0 Å². The second-order valence-corrected chi connectivity index (χ2v) is 7.09. The van der Waals surface area contributed by atoms with Crippen molar-refractivity contribution in [2.24, 2.45) is 0 Å². The molecule has 0 spiro atoms. The predicted molar refractivity (Wildman–Crippen MR) is 99.5 cm³/mol. The molecule has 0 fully saturated rings. The number of benzene rings is 1. The largest absolute Gasteiger partial charge is 0.481 e. The highest BCUT2D eigenvalue weighted by Crippen LogP contribution is 2.29. The van der Waals surface area contributed by atoms with Crippen molar-refractivity contribution in [1.82, 2.24) is 0 Å². The molecule has 0 radical (unpaired) electrons. The number of carboxylic acids is 2. The van der Waals surface area contributed by atoms with E-state index in [0.29, 0.717) is 5.75 Å². The molecular weight excluding hydrogens is 340 g/mol. The van der Waals surface area contributed by atoms with Crippen molar-refractivity contribution in [3.05, 3.63) is 24.3 Å². The number of hydrogen-bond donors (Lipinski definition) is 2. The average molecular weight is 368 g/mol. The minimum absolute atomic E-state index is 0.287. The highest BCUT2D eigenvalue weighted by molar-refractivity contribution is 7.99. The molecule has 0 unspecified atom stereocenters. The number of rotatable bonds is 15. The first-order valence-corrected chi connectivity index (χ1v) is 9.86. The van der Waals surface area contributed by atoms with Crippen LogP contribution in [0.25, 0.3) is 0 Å². The summed E-state index contributed by atoms with van der Waals surface area (Å²) >= 11 is 1.70. The Morgan fingerprint density at radius 3 is 2.08 bits per heavy atom. The highest BCUT2D eigenvalue weighted by atomic mass is 32.2. The van der Waals surface area contributed by atoms with E-state index in [1.54, 1.807) is 17.8 Å². The van der Waals surface area contributed by atoms with Gasteiger partial charge in [-0.05, 0) is 30.7 Å². The van der Waals surface area contributed by atoms with Gasteiger partial charge in [0.25, 0.3) is 0 Å². The van der Waals surface area contributed by atoms with Crippen LogP contribution in [0.2, 0.25) is 0 Å². The van der Waals surface area contributed by atoms with E-state index in [9.17, 15) is 9.59 Å². The molecule has 1 rings (SSSR count). The van der Waals surface area contributed by atoms with E-state index >= 15 is 0 Å². The lowest BCUT2D eigenvalue weighted by Crippen LogP contribution is -2.09. The topological polar surface area (TPSA) is 83.8 Å². The van der Waals surface area contributed by atoms with Gasteiger partial charge in [-0.3, -0.25) is 4.79 Å². The van der Waals surface area contributed by atoms with E-state index in [2.05, 4.69) is 0 Å². The average Bonchev–Trinajstić information content (AvgIpc) is 2.58. The van der Waals surface area contributed by atoms with E-state index in [-0.39, 0.29) is 13.0 Å². The van der Waals surface area contributed by atoms with Gasteiger partial charge in [-0.15, -0.1) is 11.8 Å². The fraction of sp³-hybridized carbons (Fsp3) is 0.579. The molecule has 0 amide bonds. The summed E-state index contributed by atoms with van der Waals surface area (Å²) in [5.74, 6) is -0.0436. The number of carboxylic acid groups (broad SMARTS) is 2. The Balaban J connectivity index is 2.04. The van der Waals surface area contributed by atoms with E-state index in [4.69, 9.17) is 14.9 Å². The maximum atomic E-state index is 10.6. The van der Waals surface area contributed by atoms with Crippen LogP contribution < -0.4 is 4.74 Å². The zero-order valence-electron chi connectivity index (χ0n) is 14.6. The highest BCUT2D eigenvalue weighted by Gasteiger charge is 2.05. The van der Waals surface area contributed by atoms with Crippen molar-refractivity contribution in [3.8, 4) is 5.75 Å². The molecule has 0 aliphatic rings. The van der Waals surface area contributed by atoms with Gasteiger partial charge in [0.1, 0.15) is 5.75 Å². The summed E-state index contributed by atoms with van der Waals surface area (Å²) in [6.07, 6.45) is 9.10. The molecule has 0 saturated heterocycles. The van der Waals surface area contributed by atoms with Gasteiger partial charge in [0.15, 0.2) is 6.61 Å². The Bertz CT molecular complexity index is 518. The Hall–Kier alpha value is -1.69. The zero-order valence-corrected chi connectivity index (χ0v) is 15.4. The number of hydrogen-bond acceptors (Lipinski definition) is 4. The molecule has 1 aromatic carbocycles. The molecule has 2 N–H and O–H groups in total. The Labute approximate surface area is 153 Å². The summed E-state index contributed by atoms with van der Waals surface area (Å²) in [6.45, 7) is -0.315. The fourth-order valence-corrected chi connectivity index (χ4v) is 3.46. The van der Waals surface area contributed by atoms with E-state index in [1.165, 1.54) is 25.7 Å². The maximum absolute atomic E-state index is 10.6. The molecule has 25 heavy (non-hydrogen) atoms. The minimum Gasteiger partial charge on any atom is -0.481 e. The minimum atomic E-state index is -0.970. The molecule has 0 bridgehead atoms. The second-order valence-electron chi connectivity index (χ2n) is 5.95. The summed E-state index contributed by atoms with van der Waals surface area (Å²) < 4.78 is 5.30. The number of para-hydroxylation sites is 1. The van der Waals surface area contributed by atoms with Gasteiger partial charge in [-0.25, -0.2) is 4.79 Å². The van der Waals surface area contributed by atoms with Gasteiger partial charge >= 0.3 is 11.9 Å². The van der Waals surface area contributed by atoms with Crippen molar-refractivity contribution in [3.63, 3.8) is 0 Å². The lowest BCUT2D eigenvalue weighted by molar-refractivity contribution is -0.139. The first-order chi connectivity index (χ1) is 12.1. The number of thioether (sulfide) groups is 1. The Morgan fingerprint density at radius 1 is 0.840 bits per heavy atom. The van der Waals surface area contributed by atoms with Crippen LogP contribution in [0.1, 0.15) is 57.8 Å². The molecule has 140 valence electrons. The van der Waals surface area contributed by atoms with Crippen LogP contribution in [0.3, 0.4) is 0 Å². The second kappa shape index (κ2) is 13.6. The number of ether oxygens (including phenoxy) is 1. The molecule has 6 heteroatoms. The van der Waals surface area contributed by atoms with Crippen LogP contribution in [-0.2, 0) is 9.59 Å². The standard InChI is InChI=1S/C19H28O5S/c20-18(21)13-7-5-3-1-2-4-6-10-14-25-17-12-9-8-11-16(17)24-15-19(22)23/h8-9,11-12H,1-7,10,13-15H2,(H,20,21)(H,22,23). The SMILES string of the molecule is O=C(O)CCCCCCCCCCSc1ccccc1OCC(=O)O. The van der Waals surface area contributed by atoms with E-state index in [1.807, 2.05) is 18.2 Å². The van der Waals surface area contributed by atoms with Crippen molar-refractivity contribution in [2.75, 3.05) is 12.4 Å². The fourth-order valence-electron chi connectivity index (χ4n) is 2.45. The first-order valence-electron chi connectivity index (χ1n) is 8.88. The van der Waals surface area contributed by atoms with Crippen LogP contribution in [-0.4, -0.2) is 34.5 Å². The molecule has 5 nitrogen and oxygen atoms in total. The summed E-state index contributed by atoms with van der Waals surface area (Å²) in [6, 6.07) is 7.53. The van der Waals surface area contributed by atoms with Gasteiger partial charge < -0.3 is 14.9 Å². The number of carbonyl (C=O) groups is 2. The third kappa shape index (κ3) is 11.5. The summed E-state index contributed by atoms with van der Waals surface area (Å²) in [4.78, 5) is 22.0. The quantitative estimate of drug-likeness (QED) is 0.340. The molecule has 0 atom stereocenters. The molecule has 0 heterocycles.